The molecule has 1 amide bonds. The second kappa shape index (κ2) is 7.88. The molecule has 2 aromatic rings. The Morgan fingerprint density at radius 3 is 2.33 bits per heavy atom. The molecule has 1 N–H and O–H groups in total. The van der Waals surface area contributed by atoms with E-state index in [0.717, 1.165) is 4.47 Å². The lowest BCUT2D eigenvalue weighted by Gasteiger charge is -2.14. The van der Waals surface area contributed by atoms with Gasteiger partial charge in [-0.25, -0.2) is 4.79 Å². The normalized spacial score (nSPS) is 11.5. The van der Waals surface area contributed by atoms with Crippen LogP contribution in [0.2, 0.25) is 0 Å². The summed E-state index contributed by atoms with van der Waals surface area (Å²) in [4.78, 5) is 35.5. The molecule has 0 aliphatic carbocycles. The predicted octanol–water partition coefficient (Wildman–Crippen LogP) is 3.84. The van der Waals surface area contributed by atoms with Crippen molar-refractivity contribution in [2.75, 3.05) is 5.32 Å². The van der Waals surface area contributed by atoms with Gasteiger partial charge >= 0.3 is 5.97 Å². The molecule has 0 bridgehead atoms. The predicted molar refractivity (Wildman–Crippen MR) is 94.1 cm³/mol. The van der Waals surface area contributed by atoms with Gasteiger partial charge in [-0.05, 0) is 50.2 Å². The van der Waals surface area contributed by atoms with Gasteiger partial charge in [-0.3, -0.25) is 9.59 Å². The second-order valence-electron chi connectivity index (χ2n) is 5.18. The maximum absolute atomic E-state index is 12.1. The van der Waals surface area contributed by atoms with Gasteiger partial charge in [0, 0.05) is 15.7 Å². The first kappa shape index (κ1) is 17.9. The zero-order valence-electron chi connectivity index (χ0n) is 13.2. The minimum Gasteiger partial charge on any atom is -0.449 e. The molecule has 1 unspecified atom stereocenters. The topological polar surface area (TPSA) is 72.5 Å². The van der Waals surface area contributed by atoms with Gasteiger partial charge in [0.1, 0.15) is 0 Å². The first-order chi connectivity index (χ1) is 11.4. The zero-order chi connectivity index (χ0) is 17.7. The number of esters is 1. The summed E-state index contributed by atoms with van der Waals surface area (Å²) in [5.41, 5.74) is 1.32. The summed E-state index contributed by atoms with van der Waals surface area (Å²) < 4.78 is 6.00. The van der Waals surface area contributed by atoms with E-state index in [1.807, 2.05) is 0 Å². The molecule has 0 aliphatic heterocycles. The van der Waals surface area contributed by atoms with Crippen LogP contribution in [-0.4, -0.2) is 23.8 Å². The van der Waals surface area contributed by atoms with Crippen LogP contribution in [0.1, 0.15) is 34.6 Å². The number of ether oxygens (including phenoxy) is 1. The number of carbonyl (C=O) groups excluding carboxylic acids is 3. The average Bonchev–Trinajstić information content (AvgIpc) is 2.55. The van der Waals surface area contributed by atoms with E-state index in [0.29, 0.717) is 16.8 Å². The summed E-state index contributed by atoms with van der Waals surface area (Å²) in [7, 11) is 0. The Morgan fingerprint density at radius 2 is 1.71 bits per heavy atom. The third-order valence-electron chi connectivity index (χ3n) is 3.27. The quantitative estimate of drug-likeness (QED) is 0.622. The highest BCUT2D eigenvalue weighted by Gasteiger charge is 2.19. The summed E-state index contributed by atoms with van der Waals surface area (Å²) >= 11 is 3.28. The van der Waals surface area contributed by atoms with E-state index in [1.165, 1.54) is 13.8 Å². The monoisotopic (exact) mass is 389 g/mol. The fourth-order valence-corrected chi connectivity index (χ4v) is 2.19. The summed E-state index contributed by atoms with van der Waals surface area (Å²) in [6.45, 7) is 2.93. The van der Waals surface area contributed by atoms with E-state index in [-0.39, 0.29) is 5.78 Å². The van der Waals surface area contributed by atoms with Crippen molar-refractivity contribution in [2.45, 2.75) is 20.0 Å². The van der Waals surface area contributed by atoms with Crippen LogP contribution in [0.3, 0.4) is 0 Å². The van der Waals surface area contributed by atoms with Crippen LogP contribution in [0.15, 0.2) is 53.0 Å². The van der Waals surface area contributed by atoms with E-state index < -0.39 is 18.0 Å². The number of rotatable bonds is 5. The molecule has 0 aliphatic rings. The summed E-state index contributed by atoms with van der Waals surface area (Å²) in [5, 5.41) is 2.63. The molecule has 24 heavy (non-hydrogen) atoms. The molecule has 2 rings (SSSR count). The van der Waals surface area contributed by atoms with Gasteiger partial charge in [-0.1, -0.05) is 28.1 Å². The number of amides is 1. The van der Waals surface area contributed by atoms with E-state index in [9.17, 15) is 14.4 Å². The highest BCUT2D eigenvalue weighted by atomic mass is 79.9. The number of carbonyl (C=O) groups is 3. The first-order valence-corrected chi connectivity index (χ1v) is 8.04. The molecule has 0 fully saturated rings. The first-order valence-electron chi connectivity index (χ1n) is 7.25. The van der Waals surface area contributed by atoms with Crippen molar-refractivity contribution in [1.29, 1.82) is 0 Å². The molecular formula is C18H16BrNO4. The summed E-state index contributed by atoms with van der Waals surface area (Å²) in [6.07, 6.45) is -0.970. The molecular weight excluding hydrogens is 374 g/mol. The molecule has 0 radical (unpaired) electrons. The van der Waals surface area contributed by atoms with Crippen LogP contribution in [0.4, 0.5) is 5.69 Å². The van der Waals surface area contributed by atoms with Crippen LogP contribution in [-0.2, 0) is 9.53 Å². The molecule has 0 heterocycles. The van der Waals surface area contributed by atoms with Crippen molar-refractivity contribution in [2.24, 2.45) is 0 Å². The van der Waals surface area contributed by atoms with Gasteiger partial charge in [0.15, 0.2) is 11.9 Å². The highest BCUT2D eigenvalue weighted by molar-refractivity contribution is 9.10. The lowest BCUT2D eigenvalue weighted by atomic mass is 10.1. The van der Waals surface area contributed by atoms with Crippen LogP contribution in [0.25, 0.3) is 0 Å². The Labute approximate surface area is 148 Å². The SMILES string of the molecule is CC(=O)c1cccc(NC(=O)C(C)OC(=O)c2ccc(Br)cc2)c1. The molecule has 6 heteroatoms. The second-order valence-corrected chi connectivity index (χ2v) is 6.10. The van der Waals surface area contributed by atoms with Crippen molar-refractivity contribution < 1.29 is 19.1 Å². The van der Waals surface area contributed by atoms with Gasteiger partial charge in [-0.15, -0.1) is 0 Å². The molecule has 0 aromatic heterocycles. The van der Waals surface area contributed by atoms with Gasteiger partial charge in [0.25, 0.3) is 5.91 Å². The Hall–Kier alpha value is -2.47. The Morgan fingerprint density at radius 1 is 1.04 bits per heavy atom. The number of anilines is 1. The third-order valence-corrected chi connectivity index (χ3v) is 3.80. The number of Topliss-reactive ketones (excluding diaryl/α,β-unsaturated/α-hetero) is 1. The standard InChI is InChI=1S/C18H16BrNO4/c1-11(21)14-4-3-5-16(10-14)20-17(22)12(2)24-18(23)13-6-8-15(19)9-7-13/h3-10,12H,1-2H3,(H,20,22). The molecule has 0 saturated heterocycles. The fourth-order valence-electron chi connectivity index (χ4n) is 1.93. The molecule has 2 aromatic carbocycles. The molecule has 1 atom stereocenters. The average molecular weight is 390 g/mol. The van der Waals surface area contributed by atoms with Crippen LogP contribution >= 0.6 is 15.9 Å². The van der Waals surface area contributed by atoms with E-state index in [4.69, 9.17) is 4.74 Å². The lowest BCUT2D eigenvalue weighted by molar-refractivity contribution is -0.123. The van der Waals surface area contributed by atoms with E-state index in [1.54, 1.807) is 48.5 Å². The maximum atomic E-state index is 12.1. The number of hydrogen-bond donors (Lipinski definition) is 1. The number of benzene rings is 2. The smallest absolute Gasteiger partial charge is 0.338 e. The van der Waals surface area contributed by atoms with Crippen molar-refractivity contribution >= 4 is 39.3 Å². The van der Waals surface area contributed by atoms with Gasteiger partial charge in [0.2, 0.25) is 0 Å². The van der Waals surface area contributed by atoms with E-state index >= 15 is 0 Å². The number of ketones is 1. The van der Waals surface area contributed by atoms with Crippen molar-refractivity contribution in [3.05, 3.63) is 64.1 Å². The Kier molecular flexibility index (Phi) is 5.87. The minimum absolute atomic E-state index is 0.0965. The van der Waals surface area contributed by atoms with Crippen molar-refractivity contribution in [3.63, 3.8) is 0 Å². The van der Waals surface area contributed by atoms with Gasteiger partial charge < -0.3 is 10.1 Å². The van der Waals surface area contributed by atoms with Crippen molar-refractivity contribution in [1.82, 2.24) is 0 Å². The third kappa shape index (κ3) is 4.76. The number of nitrogens with one attached hydrogen (secondary N) is 1. The van der Waals surface area contributed by atoms with Crippen LogP contribution < -0.4 is 5.32 Å². The zero-order valence-corrected chi connectivity index (χ0v) is 14.8. The minimum atomic E-state index is -0.970. The molecule has 5 nitrogen and oxygen atoms in total. The summed E-state index contributed by atoms with van der Waals surface area (Å²) in [6, 6.07) is 13.2. The van der Waals surface area contributed by atoms with Crippen molar-refractivity contribution in [3.8, 4) is 0 Å². The van der Waals surface area contributed by atoms with Crippen LogP contribution in [0, 0.1) is 0 Å². The maximum Gasteiger partial charge on any atom is 0.338 e. The Balaban J connectivity index is 1.99. The highest BCUT2D eigenvalue weighted by Crippen LogP contribution is 2.14. The van der Waals surface area contributed by atoms with E-state index in [2.05, 4.69) is 21.2 Å². The Bertz CT molecular complexity index is 771. The number of halogens is 1. The largest absolute Gasteiger partial charge is 0.449 e. The summed E-state index contributed by atoms with van der Waals surface area (Å²) in [5.74, 6) is -1.15. The molecule has 0 spiro atoms. The molecule has 0 saturated carbocycles. The molecule has 124 valence electrons. The number of hydrogen-bond acceptors (Lipinski definition) is 4. The fraction of sp³-hybridized carbons (Fsp3) is 0.167. The lowest BCUT2D eigenvalue weighted by Crippen LogP contribution is -2.30. The van der Waals surface area contributed by atoms with Crippen LogP contribution in [0.5, 0.6) is 0 Å². The van der Waals surface area contributed by atoms with Gasteiger partial charge in [-0.2, -0.15) is 0 Å². The van der Waals surface area contributed by atoms with Gasteiger partial charge in [0.05, 0.1) is 5.56 Å².